The average molecular weight is 273 g/mol. The van der Waals surface area contributed by atoms with E-state index in [2.05, 4.69) is 42.3 Å². The van der Waals surface area contributed by atoms with E-state index in [1.165, 1.54) is 30.4 Å². The maximum absolute atomic E-state index is 6.08. The lowest BCUT2D eigenvalue weighted by Gasteiger charge is -2.37. The lowest BCUT2D eigenvalue weighted by molar-refractivity contribution is 0.157. The van der Waals surface area contributed by atoms with E-state index in [1.807, 2.05) is 0 Å². The normalized spacial score (nSPS) is 27.7. The molecule has 0 unspecified atom stereocenters. The summed E-state index contributed by atoms with van der Waals surface area (Å²) in [6.45, 7) is 7.86. The summed E-state index contributed by atoms with van der Waals surface area (Å²) in [7, 11) is 0. The van der Waals surface area contributed by atoms with Gasteiger partial charge in [0.25, 0.3) is 0 Å². The monoisotopic (exact) mass is 273 g/mol. The van der Waals surface area contributed by atoms with E-state index < -0.39 is 0 Å². The van der Waals surface area contributed by atoms with Crippen LogP contribution < -0.4 is 11.1 Å². The molecular formula is C17H27N3. The van der Waals surface area contributed by atoms with Crippen molar-refractivity contribution in [3.05, 3.63) is 29.3 Å². The van der Waals surface area contributed by atoms with E-state index in [9.17, 15) is 0 Å². The number of nitrogens with zero attached hydrogens (tertiary/aromatic N) is 1. The van der Waals surface area contributed by atoms with Gasteiger partial charge >= 0.3 is 0 Å². The van der Waals surface area contributed by atoms with Crippen LogP contribution in [-0.2, 0) is 6.54 Å². The summed E-state index contributed by atoms with van der Waals surface area (Å²) < 4.78 is 0. The van der Waals surface area contributed by atoms with E-state index in [0.717, 1.165) is 31.2 Å². The van der Waals surface area contributed by atoms with E-state index >= 15 is 0 Å². The summed E-state index contributed by atoms with van der Waals surface area (Å²) in [6, 6.07) is 7.90. The molecule has 3 rings (SSSR count). The maximum Gasteiger partial charge on any atom is 0.0320 e. The Labute approximate surface area is 122 Å². The van der Waals surface area contributed by atoms with Gasteiger partial charge in [0.05, 0.1) is 0 Å². The number of rotatable bonds is 4. The lowest BCUT2D eigenvalue weighted by atomic mass is 10.0. The Bertz CT molecular complexity index is 467. The van der Waals surface area contributed by atoms with Crippen molar-refractivity contribution in [2.24, 2.45) is 0 Å². The molecule has 1 aromatic carbocycles. The second kappa shape index (κ2) is 5.74. The van der Waals surface area contributed by atoms with Crippen molar-refractivity contribution in [2.45, 2.75) is 57.7 Å². The van der Waals surface area contributed by atoms with Crippen LogP contribution in [0.2, 0.25) is 0 Å². The summed E-state index contributed by atoms with van der Waals surface area (Å²) in [4.78, 5) is 2.57. The first-order valence-corrected chi connectivity index (χ1v) is 8.01. The van der Waals surface area contributed by atoms with Crippen LogP contribution in [0.1, 0.15) is 50.2 Å². The number of nitrogens with one attached hydrogen (secondary N) is 1. The van der Waals surface area contributed by atoms with Crippen LogP contribution in [0.25, 0.3) is 0 Å². The van der Waals surface area contributed by atoms with Crippen LogP contribution in [0.15, 0.2) is 18.2 Å². The van der Waals surface area contributed by atoms with Gasteiger partial charge in [-0.15, -0.1) is 0 Å². The molecule has 1 heterocycles. The molecule has 110 valence electrons. The predicted octanol–water partition coefficient (Wildman–Crippen LogP) is 2.72. The molecule has 1 aromatic rings. The van der Waals surface area contributed by atoms with Gasteiger partial charge in [0.15, 0.2) is 0 Å². The summed E-state index contributed by atoms with van der Waals surface area (Å²) >= 11 is 0. The highest BCUT2D eigenvalue weighted by Gasteiger charge is 2.25. The molecule has 1 saturated carbocycles. The van der Waals surface area contributed by atoms with Crippen molar-refractivity contribution in [3.8, 4) is 0 Å². The van der Waals surface area contributed by atoms with E-state index in [1.54, 1.807) is 0 Å². The quantitative estimate of drug-likeness (QED) is 0.829. The molecule has 1 aliphatic carbocycles. The topological polar surface area (TPSA) is 41.3 Å². The first-order chi connectivity index (χ1) is 9.64. The van der Waals surface area contributed by atoms with E-state index in [0.29, 0.717) is 12.1 Å². The van der Waals surface area contributed by atoms with Gasteiger partial charge in [0, 0.05) is 37.4 Å². The molecule has 3 heteroatoms. The van der Waals surface area contributed by atoms with Crippen LogP contribution in [0.4, 0.5) is 5.69 Å². The molecule has 0 spiro atoms. The van der Waals surface area contributed by atoms with Crippen molar-refractivity contribution in [1.82, 2.24) is 10.2 Å². The predicted molar refractivity (Wildman–Crippen MR) is 84.8 cm³/mol. The van der Waals surface area contributed by atoms with Gasteiger partial charge < -0.3 is 11.1 Å². The SMILES string of the molecule is CC[C@H]1CN(Cc2cc(N)cc(C3CC3)c2)C[C@@H](C)N1. The molecule has 3 nitrogen and oxygen atoms in total. The van der Waals surface area contributed by atoms with Gasteiger partial charge in [-0.25, -0.2) is 0 Å². The number of piperazine rings is 1. The fraction of sp³-hybridized carbons (Fsp3) is 0.647. The van der Waals surface area contributed by atoms with Crippen molar-refractivity contribution in [1.29, 1.82) is 0 Å². The third kappa shape index (κ3) is 3.33. The highest BCUT2D eigenvalue weighted by molar-refractivity contribution is 5.46. The minimum Gasteiger partial charge on any atom is -0.399 e. The Balaban J connectivity index is 1.70. The minimum absolute atomic E-state index is 0.581. The zero-order valence-corrected chi connectivity index (χ0v) is 12.7. The summed E-state index contributed by atoms with van der Waals surface area (Å²) in [5.41, 5.74) is 9.85. The average Bonchev–Trinajstić information content (AvgIpc) is 3.21. The third-order valence-corrected chi connectivity index (χ3v) is 4.52. The standard InChI is InChI=1S/C17H27N3/c1-3-17-11-20(9-12(2)19-17)10-13-6-15(14-4-5-14)8-16(18)7-13/h6-8,12,14,17,19H,3-5,9-11,18H2,1-2H3/t12-,17+/m1/s1. The third-order valence-electron chi connectivity index (χ3n) is 4.52. The van der Waals surface area contributed by atoms with E-state index in [-0.39, 0.29) is 0 Å². The van der Waals surface area contributed by atoms with Crippen LogP contribution in [0.5, 0.6) is 0 Å². The van der Waals surface area contributed by atoms with Crippen molar-refractivity contribution in [2.75, 3.05) is 18.8 Å². The molecule has 2 aliphatic rings. The molecule has 0 aromatic heterocycles. The Morgan fingerprint density at radius 2 is 2.05 bits per heavy atom. The Morgan fingerprint density at radius 1 is 1.25 bits per heavy atom. The highest BCUT2D eigenvalue weighted by Crippen LogP contribution is 2.41. The number of anilines is 1. The smallest absolute Gasteiger partial charge is 0.0320 e. The summed E-state index contributed by atoms with van der Waals surface area (Å²) in [6.07, 6.45) is 3.88. The summed E-state index contributed by atoms with van der Waals surface area (Å²) in [5, 5.41) is 3.67. The molecule has 1 saturated heterocycles. The zero-order valence-electron chi connectivity index (χ0n) is 12.7. The molecule has 20 heavy (non-hydrogen) atoms. The highest BCUT2D eigenvalue weighted by atomic mass is 15.2. The van der Waals surface area contributed by atoms with Gasteiger partial charge in [-0.2, -0.15) is 0 Å². The fourth-order valence-corrected chi connectivity index (χ4v) is 3.40. The molecule has 2 atom stereocenters. The molecule has 2 fully saturated rings. The zero-order chi connectivity index (χ0) is 14.1. The van der Waals surface area contributed by atoms with Gasteiger partial charge in [-0.1, -0.05) is 13.0 Å². The minimum atomic E-state index is 0.581. The number of nitrogen functional groups attached to an aromatic ring is 1. The fourth-order valence-electron chi connectivity index (χ4n) is 3.40. The van der Waals surface area contributed by atoms with Crippen LogP contribution in [-0.4, -0.2) is 30.1 Å². The first kappa shape index (κ1) is 13.9. The summed E-state index contributed by atoms with van der Waals surface area (Å²) in [5.74, 6) is 0.780. The Morgan fingerprint density at radius 3 is 2.75 bits per heavy atom. The second-order valence-electron chi connectivity index (χ2n) is 6.65. The van der Waals surface area contributed by atoms with Gasteiger partial charge in [0.1, 0.15) is 0 Å². The number of benzene rings is 1. The number of nitrogens with two attached hydrogens (primary N) is 1. The van der Waals surface area contributed by atoms with Gasteiger partial charge in [-0.05, 0) is 55.4 Å². The lowest BCUT2D eigenvalue weighted by Crippen LogP contribution is -2.54. The van der Waals surface area contributed by atoms with Crippen LogP contribution >= 0.6 is 0 Å². The first-order valence-electron chi connectivity index (χ1n) is 8.01. The molecule has 0 bridgehead atoms. The van der Waals surface area contributed by atoms with E-state index in [4.69, 9.17) is 5.73 Å². The molecular weight excluding hydrogens is 246 g/mol. The van der Waals surface area contributed by atoms with Crippen LogP contribution in [0, 0.1) is 0 Å². The van der Waals surface area contributed by atoms with Crippen molar-refractivity contribution in [3.63, 3.8) is 0 Å². The molecule has 0 amide bonds. The molecule has 0 radical (unpaired) electrons. The van der Waals surface area contributed by atoms with Crippen LogP contribution in [0.3, 0.4) is 0 Å². The second-order valence-corrected chi connectivity index (χ2v) is 6.65. The molecule has 3 N–H and O–H groups in total. The molecule has 1 aliphatic heterocycles. The number of hydrogen-bond donors (Lipinski definition) is 2. The van der Waals surface area contributed by atoms with Crippen molar-refractivity contribution >= 4 is 5.69 Å². The van der Waals surface area contributed by atoms with Gasteiger partial charge in [-0.3, -0.25) is 4.90 Å². The largest absolute Gasteiger partial charge is 0.399 e. The number of hydrogen-bond acceptors (Lipinski definition) is 3. The maximum atomic E-state index is 6.08. The van der Waals surface area contributed by atoms with Crippen molar-refractivity contribution < 1.29 is 0 Å². The Hall–Kier alpha value is -1.06. The Kier molecular flexibility index (Phi) is 3.99. The van der Waals surface area contributed by atoms with Gasteiger partial charge in [0.2, 0.25) is 0 Å².